The Morgan fingerprint density at radius 1 is 1.53 bits per heavy atom. The van der Waals surface area contributed by atoms with Crippen LogP contribution >= 0.6 is 23.8 Å². The zero-order valence-corrected chi connectivity index (χ0v) is 11.6. The minimum Gasteiger partial charge on any atom is -0.389 e. The SMILES string of the molecule is CCCS(=O)(=O)Nc1cc(Cl)ccc1C(N)=S. The van der Waals surface area contributed by atoms with Crippen LogP contribution in [-0.2, 0) is 10.0 Å². The molecule has 0 radical (unpaired) electrons. The summed E-state index contributed by atoms with van der Waals surface area (Å²) in [5.74, 6) is 0.0380. The number of sulfonamides is 1. The van der Waals surface area contributed by atoms with Gasteiger partial charge in [-0.05, 0) is 24.6 Å². The van der Waals surface area contributed by atoms with Crippen LogP contribution in [0.4, 0.5) is 5.69 Å². The summed E-state index contributed by atoms with van der Waals surface area (Å²) in [6.45, 7) is 1.78. The van der Waals surface area contributed by atoms with Gasteiger partial charge in [0, 0.05) is 10.6 Å². The number of nitrogens with one attached hydrogen (secondary N) is 1. The lowest BCUT2D eigenvalue weighted by Gasteiger charge is -2.11. The quantitative estimate of drug-likeness (QED) is 0.816. The van der Waals surface area contributed by atoms with Crippen LogP contribution in [0.2, 0.25) is 5.02 Å². The van der Waals surface area contributed by atoms with Crippen molar-refractivity contribution in [2.45, 2.75) is 13.3 Å². The lowest BCUT2D eigenvalue weighted by Crippen LogP contribution is -2.20. The number of rotatable bonds is 5. The van der Waals surface area contributed by atoms with Gasteiger partial charge >= 0.3 is 0 Å². The molecule has 0 bridgehead atoms. The van der Waals surface area contributed by atoms with E-state index in [1.165, 1.54) is 6.07 Å². The van der Waals surface area contributed by atoms with Gasteiger partial charge < -0.3 is 5.73 Å². The number of benzene rings is 1. The van der Waals surface area contributed by atoms with Crippen molar-refractivity contribution in [3.63, 3.8) is 0 Å². The third-order valence-electron chi connectivity index (χ3n) is 1.99. The first-order chi connectivity index (χ1) is 7.85. The van der Waals surface area contributed by atoms with E-state index >= 15 is 0 Å². The molecular formula is C10H13ClN2O2S2. The van der Waals surface area contributed by atoms with Crippen LogP contribution < -0.4 is 10.5 Å². The molecule has 4 nitrogen and oxygen atoms in total. The highest BCUT2D eigenvalue weighted by molar-refractivity contribution is 7.92. The monoisotopic (exact) mass is 292 g/mol. The fourth-order valence-corrected chi connectivity index (χ4v) is 2.80. The minimum atomic E-state index is -3.38. The highest BCUT2D eigenvalue weighted by Gasteiger charge is 2.13. The van der Waals surface area contributed by atoms with Crippen molar-refractivity contribution in [3.8, 4) is 0 Å². The van der Waals surface area contributed by atoms with Crippen LogP contribution in [0.3, 0.4) is 0 Å². The minimum absolute atomic E-state index is 0.0380. The fourth-order valence-electron chi connectivity index (χ4n) is 1.30. The Morgan fingerprint density at radius 3 is 2.71 bits per heavy atom. The molecule has 7 heteroatoms. The summed E-state index contributed by atoms with van der Waals surface area (Å²) in [6.07, 6.45) is 0.526. The summed E-state index contributed by atoms with van der Waals surface area (Å²) < 4.78 is 25.7. The van der Waals surface area contributed by atoms with Gasteiger partial charge in [-0.3, -0.25) is 4.72 Å². The second kappa shape index (κ2) is 5.66. The number of thiocarbonyl (C=S) groups is 1. The van der Waals surface area contributed by atoms with E-state index in [0.717, 1.165) is 0 Å². The first-order valence-corrected chi connectivity index (χ1v) is 7.39. The van der Waals surface area contributed by atoms with Crippen molar-refractivity contribution in [2.24, 2.45) is 5.73 Å². The first kappa shape index (κ1) is 14.2. The third-order valence-corrected chi connectivity index (χ3v) is 3.92. The van der Waals surface area contributed by atoms with Gasteiger partial charge in [0.25, 0.3) is 0 Å². The molecule has 0 amide bonds. The largest absolute Gasteiger partial charge is 0.389 e. The molecule has 0 heterocycles. The molecule has 1 aromatic rings. The van der Waals surface area contributed by atoms with Crippen molar-refractivity contribution >= 4 is 44.5 Å². The Labute approximate surface area is 111 Å². The summed E-state index contributed by atoms with van der Waals surface area (Å²) in [4.78, 5) is 0.121. The van der Waals surface area contributed by atoms with Gasteiger partial charge in [0.05, 0.1) is 11.4 Å². The zero-order chi connectivity index (χ0) is 13.1. The summed E-state index contributed by atoms with van der Waals surface area (Å²) >= 11 is 10.7. The van der Waals surface area contributed by atoms with Crippen LogP contribution in [0.1, 0.15) is 18.9 Å². The maximum Gasteiger partial charge on any atom is 0.232 e. The van der Waals surface area contributed by atoms with E-state index in [4.69, 9.17) is 29.6 Å². The summed E-state index contributed by atoms with van der Waals surface area (Å²) in [7, 11) is -3.38. The standard InChI is InChI=1S/C10H13ClN2O2S2/c1-2-5-17(14,15)13-9-6-7(11)3-4-8(9)10(12)16/h3-4,6,13H,2,5H2,1H3,(H2,12,16). The highest BCUT2D eigenvalue weighted by atomic mass is 35.5. The summed E-state index contributed by atoms with van der Waals surface area (Å²) in [6, 6.07) is 4.69. The predicted molar refractivity (Wildman–Crippen MR) is 75.0 cm³/mol. The molecule has 0 aromatic heterocycles. The topological polar surface area (TPSA) is 72.2 Å². The number of nitrogens with two attached hydrogens (primary N) is 1. The maximum absolute atomic E-state index is 11.6. The molecule has 0 fully saturated rings. The Bertz CT molecular complexity index is 529. The van der Waals surface area contributed by atoms with Gasteiger partial charge in [-0.2, -0.15) is 0 Å². The van der Waals surface area contributed by atoms with E-state index in [2.05, 4.69) is 4.72 Å². The molecule has 0 saturated heterocycles. The molecule has 0 unspecified atom stereocenters. The normalized spacial score (nSPS) is 11.2. The molecule has 1 rings (SSSR count). The van der Waals surface area contributed by atoms with Crippen molar-refractivity contribution in [3.05, 3.63) is 28.8 Å². The van der Waals surface area contributed by atoms with Crippen LogP contribution in [0.15, 0.2) is 18.2 Å². The van der Waals surface area contributed by atoms with Gasteiger partial charge in [0.1, 0.15) is 4.99 Å². The van der Waals surface area contributed by atoms with E-state index < -0.39 is 10.0 Å². The van der Waals surface area contributed by atoms with Gasteiger partial charge in [-0.1, -0.05) is 30.7 Å². The van der Waals surface area contributed by atoms with Gasteiger partial charge in [-0.25, -0.2) is 8.42 Å². The molecule has 0 aliphatic rings. The van der Waals surface area contributed by atoms with Crippen molar-refractivity contribution in [2.75, 3.05) is 10.5 Å². The molecule has 94 valence electrons. The molecule has 17 heavy (non-hydrogen) atoms. The third kappa shape index (κ3) is 4.14. The molecule has 0 saturated carbocycles. The lowest BCUT2D eigenvalue weighted by atomic mass is 10.2. The first-order valence-electron chi connectivity index (χ1n) is 4.95. The van der Waals surface area contributed by atoms with E-state index in [-0.39, 0.29) is 10.7 Å². The average molecular weight is 293 g/mol. The smallest absolute Gasteiger partial charge is 0.232 e. The Kier molecular flexibility index (Phi) is 4.73. The van der Waals surface area contributed by atoms with Gasteiger partial charge in [0.2, 0.25) is 10.0 Å². The Morgan fingerprint density at radius 2 is 2.18 bits per heavy atom. The summed E-state index contributed by atoms with van der Waals surface area (Å²) in [5, 5.41) is 0.416. The number of hydrogen-bond acceptors (Lipinski definition) is 3. The summed E-state index contributed by atoms with van der Waals surface area (Å²) in [5.41, 5.74) is 6.29. The molecule has 0 aliphatic carbocycles. The van der Waals surface area contributed by atoms with E-state index in [0.29, 0.717) is 22.7 Å². The number of hydrogen-bond donors (Lipinski definition) is 2. The Hall–Kier alpha value is -0.850. The second-order valence-electron chi connectivity index (χ2n) is 3.48. The molecule has 1 aromatic carbocycles. The van der Waals surface area contributed by atoms with Crippen LogP contribution in [0.5, 0.6) is 0 Å². The number of anilines is 1. The van der Waals surface area contributed by atoms with Crippen molar-refractivity contribution < 1.29 is 8.42 Å². The Balaban J connectivity index is 3.13. The fraction of sp³-hybridized carbons (Fsp3) is 0.300. The molecule has 0 spiro atoms. The van der Waals surface area contributed by atoms with Gasteiger partial charge in [0.15, 0.2) is 0 Å². The lowest BCUT2D eigenvalue weighted by molar-refractivity contribution is 0.600. The average Bonchev–Trinajstić information content (AvgIpc) is 2.15. The predicted octanol–water partition coefficient (Wildman–Crippen LogP) is 2.13. The number of halogens is 1. The van der Waals surface area contributed by atoms with E-state index in [1.807, 2.05) is 0 Å². The molecule has 3 N–H and O–H groups in total. The molecule has 0 atom stereocenters. The molecular weight excluding hydrogens is 280 g/mol. The van der Waals surface area contributed by atoms with Crippen LogP contribution in [0.25, 0.3) is 0 Å². The maximum atomic E-state index is 11.6. The second-order valence-corrected chi connectivity index (χ2v) is 6.19. The van der Waals surface area contributed by atoms with Crippen molar-refractivity contribution in [1.82, 2.24) is 0 Å². The van der Waals surface area contributed by atoms with Gasteiger partial charge in [-0.15, -0.1) is 0 Å². The van der Waals surface area contributed by atoms with Crippen molar-refractivity contribution in [1.29, 1.82) is 0 Å². The van der Waals surface area contributed by atoms with Crippen LogP contribution in [-0.4, -0.2) is 19.2 Å². The van der Waals surface area contributed by atoms with E-state index in [9.17, 15) is 8.42 Å². The van der Waals surface area contributed by atoms with Crippen LogP contribution in [0, 0.1) is 0 Å². The van der Waals surface area contributed by atoms with E-state index in [1.54, 1.807) is 19.1 Å². The molecule has 0 aliphatic heterocycles. The highest BCUT2D eigenvalue weighted by Crippen LogP contribution is 2.22. The zero-order valence-electron chi connectivity index (χ0n) is 9.23.